The minimum absolute atomic E-state index is 0.0976. The minimum Gasteiger partial charge on any atom is -0.484 e. The normalized spacial score (nSPS) is 10.8. The Balaban J connectivity index is 2.06. The minimum atomic E-state index is -1.03. The molecule has 1 heterocycles. The van der Waals surface area contributed by atoms with Crippen LogP contribution in [0.1, 0.15) is 41.8 Å². The molecule has 2 aromatic rings. The summed E-state index contributed by atoms with van der Waals surface area (Å²) in [6, 6.07) is 4.72. The van der Waals surface area contributed by atoms with Gasteiger partial charge in [0.2, 0.25) is 0 Å². The first-order valence-electron chi connectivity index (χ1n) is 5.95. The van der Waals surface area contributed by atoms with Crippen molar-refractivity contribution in [2.24, 2.45) is 0 Å². The molecule has 0 unspecified atom stereocenters. The van der Waals surface area contributed by atoms with E-state index in [2.05, 4.69) is 26.1 Å². The van der Waals surface area contributed by atoms with Crippen LogP contribution >= 0.6 is 15.9 Å². The standard InChI is InChI=1S/C13H13BrN2O4/c1-7(2)12-15-11(20-16-12)6-19-8-3-4-10(14)9(5-8)13(17)18/h3-5,7H,6H2,1-2H3,(H,17,18). The van der Waals surface area contributed by atoms with Crippen molar-refractivity contribution in [3.8, 4) is 5.75 Å². The molecular formula is C13H13BrN2O4. The molecule has 0 radical (unpaired) electrons. The number of carboxylic acids is 1. The van der Waals surface area contributed by atoms with Gasteiger partial charge in [0.25, 0.3) is 5.89 Å². The summed E-state index contributed by atoms with van der Waals surface area (Å²) in [6.45, 7) is 4.02. The lowest BCUT2D eigenvalue weighted by molar-refractivity contribution is 0.0695. The van der Waals surface area contributed by atoms with E-state index in [0.29, 0.717) is 21.9 Å². The van der Waals surface area contributed by atoms with Crippen LogP contribution in [0.15, 0.2) is 27.2 Å². The number of nitrogens with zero attached hydrogens (tertiary/aromatic N) is 2. The third-order valence-electron chi connectivity index (χ3n) is 2.53. The summed E-state index contributed by atoms with van der Waals surface area (Å²) in [5, 5.41) is 12.8. The Bertz CT molecular complexity index is 625. The Morgan fingerprint density at radius 2 is 2.25 bits per heavy atom. The lowest BCUT2D eigenvalue weighted by Crippen LogP contribution is -2.01. The van der Waals surface area contributed by atoms with Gasteiger partial charge in [-0.05, 0) is 34.1 Å². The maximum absolute atomic E-state index is 11.0. The quantitative estimate of drug-likeness (QED) is 0.899. The van der Waals surface area contributed by atoms with Gasteiger partial charge in [-0.1, -0.05) is 19.0 Å². The zero-order valence-electron chi connectivity index (χ0n) is 11.0. The summed E-state index contributed by atoms with van der Waals surface area (Å²) in [5.41, 5.74) is 0.135. The van der Waals surface area contributed by atoms with Crippen LogP contribution in [0.5, 0.6) is 5.75 Å². The molecule has 0 saturated carbocycles. The highest BCUT2D eigenvalue weighted by Crippen LogP contribution is 2.23. The Kier molecular flexibility index (Phi) is 4.39. The van der Waals surface area contributed by atoms with Crippen molar-refractivity contribution in [3.05, 3.63) is 40.0 Å². The Labute approximate surface area is 123 Å². The lowest BCUT2D eigenvalue weighted by atomic mass is 10.2. The zero-order chi connectivity index (χ0) is 14.7. The van der Waals surface area contributed by atoms with E-state index in [1.54, 1.807) is 12.1 Å². The number of rotatable bonds is 5. The molecule has 0 saturated heterocycles. The van der Waals surface area contributed by atoms with Crippen LogP contribution in [-0.4, -0.2) is 21.2 Å². The highest BCUT2D eigenvalue weighted by Gasteiger charge is 2.12. The predicted molar refractivity (Wildman–Crippen MR) is 73.8 cm³/mol. The van der Waals surface area contributed by atoms with Crippen LogP contribution in [0, 0.1) is 0 Å². The molecule has 0 bridgehead atoms. The summed E-state index contributed by atoms with van der Waals surface area (Å²) in [5.74, 6) is 0.551. The molecule has 106 valence electrons. The van der Waals surface area contributed by atoms with Crippen molar-refractivity contribution in [2.45, 2.75) is 26.4 Å². The number of ether oxygens (including phenoxy) is 1. The first-order valence-corrected chi connectivity index (χ1v) is 6.74. The molecular weight excluding hydrogens is 328 g/mol. The molecule has 7 heteroatoms. The molecule has 6 nitrogen and oxygen atoms in total. The second-order valence-electron chi connectivity index (χ2n) is 4.44. The van der Waals surface area contributed by atoms with E-state index in [9.17, 15) is 4.79 Å². The van der Waals surface area contributed by atoms with E-state index in [1.807, 2.05) is 13.8 Å². The van der Waals surface area contributed by atoms with Crippen molar-refractivity contribution in [2.75, 3.05) is 0 Å². The fourth-order valence-corrected chi connectivity index (χ4v) is 1.88. The fourth-order valence-electron chi connectivity index (χ4n) is 1.46. The molecule has 0 amide bonds. The van der Waals surface area contributed by atoms with Gasteiger partial charge in [0.1, 0.15) is 5.75 Å². The molecule has 0 atom stereocenters. The van der Waals surface area contributed by atoms with Gasteiger partial charge in [0.15, 0.2) is 12.4 Å². The number of benzene rings is 1. The molecule has 0 aliphatic rings. The highest BCUT2D eigenvalue weighted by atomic mass is 79.9. The van der Waals surface area contributed by atoms with Crippen LogP contribution in [-0.2, 0) is 6.61 Å². The summed E-state index contributed by atoms with van der Waals surface area (Å²) < 4.78 is 11.0. The van der Waals surface area contributed by atoms with E-state index < -0.39 is 5.97 Å². The molecule has 1 N–H and O–H groups in total. The average Bonchev–Trinajstić information content (AvgIpc) is 2.86. The average molecular weight is 341 g/mol. The maximum atomic E-state index is 11.0. The molecule has 0 aliphatic carbocycles. The number of carbonyl (C=O) groups is 1. The number of hydrogen-bond donors (Lipinski definition) is 1. The molecule has 20 heavy (non-hydrogen) atoms. The predicted octanol–water partition coefficient (Wildman–Crippen LogP) is 3.23. The van der Waals surface area contributed by atoms with E-state index in [1.165, 1.54) is 6.07 Å². The molecule has 0 spiro atoms. The SMILES string of the molecule is CC(C)c1noc(COc2ccc(Br)c(C(=O)O)c2)n1. The molecule has 1 aromatic carbocycles. The van der Waals surface area contributed by atoms with Crippen LogP contribution in [0.4, 0.5) is 0 Å². The summed E-state index contributed by atoms with van der Waals surface area (Å²) in [7, 11) is 0. The third kappa shape index (κ3) is 3.36. The largest absolute Gasteiger partial charge is 0.484 e. The van der Waals surface area contributed by atoms with Crippen molar-refractivity contribution in [1.29, 1.82) is 0 Å². The van der Waals surface area contributed by atoms with Gasteiger partial charge in [-0.15, -0.1) is 0 Å². The van der Waals surface area contributed by atoms with E-state index >= 15 is 0 Å². The Morgan fingerprint density at radius 3 is 2.85 bits per heavy atom. The van der Waals surface area contributed by atoms with Crippen LogP contribution < -0.4 is 4.74 Å². The van der Waals surface area contributed by atoms with Crippen LogP contribution in [0.25, 0.3) is 0 Å². The topological polar surface area (TPSA) is 85.5 Å². The summed E-state index contributed by atoms with van der Waals surface area (Å²) in [6.07, 6.45) is 0. The first-order chi connectivity index (χ1) is 9.47. The van der Waals surface area contributed by atoms with Crippen molar-refractivity contribution >= 4 is 21.9 Å². The second kappa shape index (κ2) is 6.04. The first kappa shape index (κ1) is 14.5. The Morgan fingerprint density at radius 1 is 1.50 bits per heavy atom. The molecule has 1 aromatic heterocycles. The van der Waals surface area contributed by atoms with Gasteiger partial charge in [-0.3, -0.25) is 0 Å². The van der Waals surface area contributed by atoms with Gasteiger partial charge in [-0.25, -0.2) is 4.79 Å². The third-order valence-corrected chi connectivity index (χ3v) is 3.22. The number of carboxylic acid groups (broad SMARTS) is 1. The number of aromatic nitrogens is 2. The molecule has 0 fully saturated rings. The summed E-state index contributed by atoms with van der Waals surface area (Å²) in [4.78, 5) is 15.2. The van der Waals surface area contributed by atoms with Crippen molar-refractivity contribution in [1.82, 2.24) is 10.1 Å². The zero-order valence-corrected chi connectivity index (χ0v) is 12.5. The molecule has 2 rings (SSSR count). The van der Waals surface area contributed by atoms with E-state index in [-0.39, 0.29) is 18.1 Å². The second-order valence-corrected chi connectivity index (χ2v) is 5.29. The maximum Gasteiger partial charge on any atom is 0.336 e. The van der Waals surface area contributed by atoms with Gasteiger partial charge < -0.3 is 14.4 Å². The molecule has 0 aliphatic heterocycles. The number of aromatic carboxylic acids is 1. The van der Waals surface area contributed by atoms with Gasteiger partial charge in [-0.2, -0.15) is 4.98 Å². The van der Waals surface area contributed by atoms with Gasteiger partial charge >= 0.3 is 5.97 Å². The van der Waals surface area contributed by atoms with E-state index in [4.69, 9.17) is 14.4 Å². The smallest absolute Gasteiger partial charge is 0.336 e. The lowest BCUT2D eigenvalue weighted by Gasteiger charge is -2.05. The van der Waals surface area contributed by atoms with Crippen LogP contribution in [0.2, 0.25) is 0 Å². The van der Waals surface area contributed by atoms with Gasteiger partial charge in [0, 0.05) is 10.4 Å². The van der Waals surface area contributed by atoms with Crippen molar-refractivity contribution < 1.29 is 19.2 Å². The monoisotopic (exact) mass is 340 g/mol. The Hall–Kier alpha value is -1.89. The number of hydrogen-bond acceptors (Lipinski definition) is 5. The van der Waals surface area contributed by atoms with Crippen LogP contribution in [0.3, 0.4) is 0 Å². The summed E-state index contributed by atoms with van der Waals surface area (Å²) >= 11 is 3.17. The fraction of sp³-hybridized carbons (Fsp3) is 0.308. The van der Waals surface area contributed by atoms with E-state index in [0.717, 1.165) is 0 Å². The highest BCUT2D eigenvalue weighted by molar-refractivity contribution is 9.10. The van der Waals surface area contributed by atoms with Gasteiger partial charge in [0.05, 0.1) is 5.56 Å². The number of halogens is 1. The van der Waals surface area contributed by atoms with Crippen molar-refractivity contribution in [3.63, 3.8) is 0 Å².